The summed E-state index contributed by atoms with van der Waals surface area (Å²) in [6, 6.07) is 2.85. The number of nitrogens with one attached hydrogen (secondary N) is 1. The van der Waals surface area contributed by atoms with Crippen molar-refractivity contribution in [2.75, 3.05) is 19.6 Å². The zero-order chi connectivity index (χ0) is 12.4. The predicted molar refractivity (Wildman–Crippen MR) is 56.7 cm³/mol. The van der Waals surface area contributed by atoms with Crippen LogP contribution in [0.1, 0.15) is 11.6 Å². The first-order valence-electron chi connectivity index (χ1n) is 5.23. The molecule has 1 heterocycles. The molecular formula is C11H12F2N2O2. The van der Waals surface area contributed by atoms with E-state index < -0.39 is 17.7 Å². The topological polar surface area (TPSA) is 52.6 Å². The largest absolute Gasteiger partial charge is 0.465 e. The smallest absolute Gasteiger partial charge is 0.407 e. The van der Waals surface area contributed by atoms with Crippen molar-refractivity contribution >= 4 is 6.09 Å². The summed E-state index contributed by atoms with van der Waals surface area (Å²) in [5, 5.41) is 11.9. The molecule has 2 rings (SSSR count). The van der Waals surface area contributed by atoms with E-state index in [2.05, 4.69) is 5.32 Å². The van der Waals surface area contributed by atoms with Crippen LogP contribution in [-0.4, -0.2) is 35.7 Å². The highest BCUT2D eigenvalue weighted by atomic mass is 19.1. The van der Waals surface area contributed by atoms with Gasteiger partial charge in [0.1, 0.15) is 11.6 Å². The summed E-state index contributed by atoms with van der Waals surface area (Å²) in [5.41, 5.74) is 0.424. The van der Waals surface area contributed by atoms with Crippen LogP contribution in [0.5, 0.6) is 0 Å². The Hall–Kier alpha value is -1.69. The molecule has 0 spiro atoms. The van der Waals surface area contributed by atoms with E-state index in [1.807, 2.05) is 0 Å². The monoisotopic (exact) mass is 242 g/mol. The van der Waals surface area contributed by atoms with E-state index >= 15 is 0 Å². The molecular weight excluding hydrogens is 230 g/mol. The highest BCUT2D eigenvalue weighted by molar-refractivity contribution is 5.65. The van der Waals surface area contributed by atoms with Crippen LogP contribution >= 0.6 is 0 Å². The van der Waals surface area contributed by atoms with Gasteiger partial charge < -0.3 is 15.3 Å². The van der Waals surface area contributed by atoms with Crippen molar-refractivity contribution in [1.29, 1.82) is 0 Å². The Balaban J connectivity index is 2.18. The summed E-state index contributed by atoms with van der Waals surface area (Å²) < 4.78 is 26.1. The zero-order valence-corrected chi connectivity index (χ0v) is 8.99. The molecule has 1 aromatic rings. The van der Waals surface area contributed by atoms with Gasteiger partial charge in [0.15, 0.2) is 0 Å². The highest BCUT2D eigenvalue weighted by Gasteiger charge is 2.24. The van der Waals surface area contributed by atoms with Crippen LogP contribution in [0.4, 0.5) is 13.6 Å². The Morgan fingerprint density at radius 2 is 2.00 bits per heavy atom. The number of carbonyl (C=O) groups is 1. The predicted octanol–water partition coefficient (Wildman–Crippen LogP) is 1.59. The van der Waals surface area contributed by atoms with Crippen molar-refractivity contribution in [1.82, 2.24) is 10.2 Å². The van der Waals surface area contributed by atoms with Crippen LogP contribution in [0.15, 0.2) is 18.2 Å². The Kier molecular flexibility index (Phi) is 3.23. The number of piperazine rings is 1. The number of hydrogen-bond donors (Lipinski definition) is 2. The van der Waals surface area contributed by atoms with E-state index in [9.17, 15) is 13.6 Å². The first kappa shape index (κ1) is 11.8. The average molecular weight is 242 g/mol. The third-order valence-electron chi connectivity index (χ3n) is 2.73. The van der Waals surface area contributed by atoms with E-state index in [1.165, 1.54) is 17.0 Å². The van der Waals surface area contributed by atoms with Crippen LogP contribution in [0.2, 0.25) is 0 Å². The highest BCUT2D eigenvalue weighted by Crippen LogP contribution is 2.19. The zero-order valence-electron chi connectivity index (χ0n) is 8.99. The number of rotatable bonds is 1. The van der Waals surface area contributed by atoms with Gasteiger partial charge in [-0.3, -0.25) is 0 Å². The normalized spacial score (nSPS) is 20.4. The number of amides is 1. The van der Waals surface area contributed by atoms with Crippen LogP contribution in [0.3, 0.4) is 0 Å². The summed E-state index contributed by atoms with van der Waals surface area (Å²) >= 11 is 0. The number of benzene rings is 1. The Labute approximate surface area is 96.8 Å². The minimum atomic E-state index is -1.02. The molecule has 17 heavy (non-hydrogen) atoms. The van der Waals surface area contributed by atoms with Crippen LogP contribution in [-0.2, 0) is 0 Å². The van der Waals surface area contributed by atoms with Crippen molar-refractivity contribution in [2.24, 2.45) is 0 Å². The molecule has 0 bridgehead atoms. The summed E-state index contributed by atoms with van der Waals surface area (Å²) in [6.07, 6.45) is -1.02. The summed E-state index contributed by atoms with van der Waals surface area (Å²) in [4.78, 5) is 12.0. The van der Waals surface area contributed by atoms with E-state index in [1.54, 1.807) is 0 Å². The summed E-state index contributed by atoms with van der Waals surface area (Å²) in [7, 11) is 0. The van der Waals surface area contributed by atoms with Crippen molar-refractivity contribution < 1.29 is 18.7 Å². The quantitative estimate of drug-likeness (QED) is 0.786. The molecule has 1 amide bonds. The lowest BCUT2D eigenvalue weighted by molar-refractivity contribution is 0.129. The van der Waals surface area contributed by atoms with Gasteiger partial charge in [0, 0.05) is 25.7 Å². The van der Waals surface area contributed by atoms with Crippen molar-refractivity contribution in [3.8, 4) is 0 Å². The first-order valence-corrected chi connectivity index (χ1v) is 5.23. The molecule has 1 aromatic carbocycles. The minimum absolute atomic E-state index is 0.193. The van der Waals surface area contributed by atoms with Crippen molar-refractivity contribution in [2.45, 2.75) is 6.04 Å². The summed E-state index contributed by atoms with van der Waals surface area (Å²) in [5.74, 6) is -1.32. The van der Waals surface area contributed by atoms with Gasteiger partial charge in [-0.05, 0) is 17.7 Å². The maximum atomic E-state index is 13.0. The van der Waals surface area contributed by atoms with Crippen molar-refractivity contribution in [3.05, 3.63) is 35.4 Å². The molecule has 1 saturated heterocycles. The Morgan fingerprint density at radius 1 is 1.35 bits per heavy atom. The summed E-state index contributed by atoms with van der Waals surface area (Å²) in [6.45, 7) is 1.04. The van der Waals surface area contributed by atoms with Gasteiger partial charge in [0.25, 0.3) is 0 Å². The van der Waals surface area contributed by atoms with Gasteiger partial charge in [-0.25, -0.2) is 13.6 Å². The lowest BCUT2D eigenvalue weighted by Gasteiger charge is -2.32. The maximum Gasteiger partial charge on any atom is 0.407 e. The van der Waals surface area contributed by atoms with Crippen LogP contribution < -0.4 is 5.32 Å². The number of halogens is 2. The molecule has 2 N–H and O–H groups in total. The number of carboxylic acid groups (broad SMARTS) is 1. The van der Waals surface area contributed by atoms with Crippen molar-refractivity contribution in [3.63, 3.8) is 0 Å². The minimum Gasteiger partial charge on any atom is -0.465 e. The molecule has 0 radical (unpaired) electrons. The second-order valence-electron chi connectivity index (χ2n) is 3.94. The molecule has 1 atom stereocenters. The molecule has 0 aliphatic carbocycles. The van der Waals surface area contributed by atoms with Gasteiger partial charge in [0.2, 0.25) is 0 Å². The first-order chi connectivity index (χ1) is 8.06. The Bertz CT molecular complexity index is 419. The third kappa shape index (κ3) is 2.71. The fourth-order valence-electron chi connectivity index (χ4n) is 1.92. The van der Waals surface area contributed by atoms with E-state index in [0.29, 0.717) is 18.7 Å². The van der Waals surface area contributed by atoms with Gasteiger partial charge in [0.05, 0.1) is 6.04 Å². The van der Waals surface area contributed by atoms with E-state index in [-0.39, 0.29) is 12.6 Å². The molecule has 0 saturated carbocycles. The second kappa shape index (κ2) is 4.67. The Morgan fingerprint density at radius 3 is 2.59 bits per heavy atom. The van der Waals surface area contributed by atoms with Gasteiger partial charge in [-0.15, -0.1) is 0 Å². The van der Waals surface area contributed by atoms with E-state index in [0.717, 1.165) is 6.07 Å². The molecule has 1 aliphatic rings. The lowest BCUT2D eigenvalue weighted by Crippen LogP contribution is -2.47. The fourth-order valence-corrected chi connectivity index (χ4v) is 1.92. The number of hydrogen-bond acceptors (Lipinski definition) is 2. The molecule has 1 unspecified atom stereocenters. The molecule has 0 aromatic heterocycles. The molecule has 1 fully saturated rings. The van der Waals surface area contributed by atoms with Gasteiger partial charge >= 0.3 is 6.09 Å². The standard InChI is InChI=1S/C11H12F2N2O2/c12-8-3-7(4-9(13)5-8)10-6-15(11(16)17)2-1-14-10/h3-5,10,14H,1-2,6H2,(H,16,17). The SMILES string of the molecule is O=C(O)N1CCNC(c2cc(F)cc(F)c2)C1. The molecule has 92 valence electrons. The fraction of sp³-hybridized carbons (Fsp3) is 0.364. The third-order valence-corrected chi connectivity index (χ3v) is 2.73. The maximum absolute atomic E-state index is 13.0. The molecule has 1 aliphatic heterocycles. The van der Waals surface area contributed by atoms with Gasteiger partial charge in [-0.2, -0.15) is 0 Å². The molecule has 6 heteroatoms. The average Bonchev–Trinajstić information content (AvgIpc) is 2.28. The second-order valence-corrected chi connectivity index (χ2v) is 3.94. The van der Waals surface area contributed by atoms with Gasteiger partial charge in [-0.1, -0.05) is 0 Å². The lowest BCUT2D eigenvalue weighted by atomic mass is 10.0. The number of nitrogens with zero attached hydrogens (tertiary/aromatic N) is 1. The van der Waals surface area contributed by atoms with Crippen LogP contribution in [0.25, 0.3) is 0 Å². The van der Waals surface area contributed by atoms with Crippen LogP contribution in [0, 0.1) is 11.6 Å². The molecule has 4 nitrogen and oxygen atoms in total. The van der Waals surface area contributed by atoms with E-state index in [4.69, 9.17) is 5.11 Å².